The minimum absolute atomic E-state index is 0.0303. The zero-order chi connectivity index (χ0) is 15.2. The third-order valence-corrected chi connectivity index (χ3v) is 3.50. The highest BCUT2D eigenvalue weighted by Gasteiger charge is 2.14. The Labute approximate surface area is 124 Å². The summed E-state index contributed by atoms with van der Waals surface area (Å²) in [5.41, 5.74) is 2.77. The van der Waals surface area contributed by atoms with Gasteiger partial charge in [0.15, 0.2) is 0 Å². The highest BCUT2D eigenvalue weighted by atomic mass is 19.1. The number of hydrogen-bond acceptors (Lipinski definition) is 2. The molecule has 0 aliphatic heterocycles. The quantitative estimate of drug-likeness (QED) is 0.871. The van der Waals surface area contributed by atoms with Crippen LogP contribution in [0.5, 0.6) is 0 Å². The van der Waals surface area contributed by atoms with E-state index < -0.39 is 0 Å². The minimum atomic E-state index is -0.341. The van der Waals surface area contributed by atoms with Gasteiger partial charge in [-0.2, -0.15) is 0 Å². The summed E-state index contributed by atoms with van der Waals surface area (Å²) in [4.78, 5) is 3.92. The first-order valence-corrected chi connectivity index (χ1v) is 7.19. The topological polar surface area (TPSA) is 24.9 Å². The molecule has 21 heavy (non-hydrogen) atoms. The summed E-state index contributed by atoms with van der Waals surface area (Å²) in [6, 6.07) is 6.24. The average molecular weight is 290 g/mol. The molecule has 0 saturated heterocycles. The second-order valence-corrected chi connectivity index (χ2v) is 5.22. The van der Waals surface area contributed by atoms with E-state index in [2.05, 4.69) is 17.2 Å². The van der Waals surface area contributed by atoms with Gasteiger partial charge in [0.05, 0.1) is 6.20 Å². The van der Waals surface area contributed by atoms with Crippen molar-refractivity contribution in [3.05, 3.63) is 65.0 Å². The van der Waals surface area contributed by atoms with Gasteiger partial charge in [-0.15, -0.1) is 0 Å². The molecular weight excluding hydrogens is 270 g/mol. The fraction of sp³-hybridized carbons (Fsp3) is 0.353. The number of hydrogen-bond donors (Lipinski definition) is 1. The van der Waals surface area contributed by atoms with Crippen molar-refractivity contribution in [1.29, 1.82) is 0 Å². The van der Waals surface area contributed by atoms with Gasteiger partial charge in [0.2, 0.25) is 0 Å². The van der Waals surface area contributed by atoms with Crippen LogP contribution in [0.25, 0.3) is 0 Å². The van der Waals surface area contributed by atoms with Crippen LogP contribution in [0.2, 0.25) is 0 Å². The zero-order valence-corrected chi connectivity index (χ0v) is 12.4. The molecule has 2 rings (SSSR count). The maximum absolute atomic E-state index is 13.4. The molecule has 0 radical (unpaired) electrons. The summed E-state index contributed by atoms with van der Waals surface area (Å²) in [6.07, 6.45) is 4.54. The summed E-state index contributed by atoms with van der Waals surface area (Å²) in [5, 5.41) is 3.40. The van der Waals surface area contributed by atoms with Crippen molar-refractivity contribution in [2.75, 3.05) is 6.54 Å². The molecule has 0 bridgehead atoms. The maximum Gasteiger partial charge on any atom is 0.141 e. The first-order chi connectivity index (χ1) is 10.1. The first kappa shape index (κ1) is 15.6. The van der Waals surface area contributed by atoms with E-state index in [9.17, 15) is 8.78 Å². The second kappa shape index (κ2) is 7.27. The molecule has 1 unspecified atom stereocenters. The molecule has 1 N–H and O–H groups in total. The summed E-state index contributed by atoms with van der Waals surface area (Å²) in [6.45, 7) is 4.80. The van der Waals surface area contributed by atoms with Crippen molar-refractivity contribution in [2.45, 2.75) is 32.7 Å². The second-order valence-electron chi connectivity index (χ2n) is 5.22. The Morgan fingerprint density at radius 2 is 1.95 bits per heavy atom. The lowest BCUT2D eigenvalue weighted by molar-refractivity contribution is 0.520. The molecule has 0 aliphatic carbocycles. The largest absolute Gasteiger partial charge is 0.310 e. The molecule has 0 fully saturated rings. The van der Waals surface area contributed by atoms with Crippen LogP contribution < -0.4 is 5.32 Å². The van der Waals surface area contributed by atoms with Crippen molar-refractivity contribution >= 4 is 0 Å². The predicted octanol–water partition coefficient (Wildman–Crippen LogP) is 3.95. The summed E-state index contributed by atoms with van der Waals surface area (Å²) >= 11 is 0. The van der Waals surface area contributed by atoms with E-state index in [4.69, 9.17) is 0 Å². The van der Waals surface area contributed by atoms with Gasteiger partial charge in [-0.1, -0.05) is 13.0 Å². The number of nitrogens with one attached hydrogen (secondary N) is 1. The van der Waals surface area contributed by atoms with Gasteiger partial charge >= 0.3 is 0 Å². The van der Waals surface area contributed by atoms with Crippen molar-refractivity contribution in [3.63, 3.8) is 0 Å². The predicted molar refractivity (Wildman–Crippen MR) is 80.1 cm³/mol. The average Bonchev–Trinajstić information content (AvgIpc) is 2.45. The SMILES string of the molecule is CCCNC(Cc1ccc(F)cc1C)c1cncc(F)c1. The number of nitrogens with zero attached hydrogens (tertiary/aromatic N) is 1. The van der Waals surface area contributed by atoms with Gasteiger partial charge in [-0.25, -0.2) is 8.78 Å². The van der Waals surface area contributed by atoms with E-state index in [0.29, 0.717) is 6.42 Å². The Bertz CT molecular complexity index is 599. The first-order valence-electron chi connectivity index (χ1n) is 7.19. The lowest BCUT2D eigenvalue weighted by Gasteiger charge is -2.20. The molecule has 1 heterocycles. The van der Waals surface area contributed by atoms with E-state index in [1.165, 1.54) is 24.4 Å². The van der Waals surface area contributed by atoms with Gasteiger partial charge in [-0.3, -0.25) is 4.98 Å². The number of rotatable bonds is 6. The maximum atomic E-state index is 13.4. The van der Waals surface area contributed by atoms with E-state index >= 15 is 0 Å². The molecule has 1 aromatic carbocycles. The van der Waals surface area contributed by atoms with Gasteiger partial charge in [0, 0.05) is 12.2 Å². The molecule has 1 aromatic heterocycles. The van der Waals surface area contributed by atoms with Gasteiger partial charge in [0.25, 0.3) is 0 Å². The Hall–Kier alpha value is -1.81. The Kier molecular flexibility index (Phi) is 5.39. The van der Waals surface area contributed by atoms with E-state index in [1.54, 1.807) is 12.3 Å². The lowest BCUT2D eigenvalue weighted by Crippen LogP contribution is -2.24. The number of aryl methyl sites for hydroxylation is 1. The molecule has 0 amide bonds. The summed E-state index contributed by atoms with van der Waals surface area (Å²) in [5.74, 6) is -0.576. The highest BCUT2D eigenvalue weighted by Crippen LogP contribution is 2.21. The third kappa shape index (κ3) is 4.33. The van der Waals surface area contributed by atoms with Crippen molar-refractivity contribution in [1.82, 2.24) is 10.3 Å². The van der Waals surface area contributed by atoms with E-state index in [-0.39, 0.29) is 17.7 Å². The van der Waals surface area contributed by atoms with Crippen LogP contribution in [0.3, 0.4) is 0 Å². The normalized spacial score (nSPS) is 12.4. The van der Waals surface area contributed by atoms with Crippen molar-refractivity contribution < 1.29 is 8.78 Å². The summed E-state index contributed by atoms with van der Waals surface area (Å²) < 4.78 is 26.6. The molecule has 0 aliphatic rings. The number of benzene rings is 1. The smallest absolute Gasteiger partial charge is 0.141 e. The molecule has 2 aromatic rings. The van der Waals surface area contributed by atoms with Crippen LogP contribution in [0.4, 0.5) is 8.78 Å². The molecule has 4 heteroatoms. The van der Waals surface area contributed by atoms with Crippen LogP contribution in [0, 0.1) is 18.6 Å². The highest BCUT2D eigenvalue weighted by molar-refractivity contribution is 5.29. The van der Waals surface area contributed by atoms with Crippen LogP contribution in [0.15, 0.2) is 36.7 Å². The van der Waals surface area contributed by atoms with Gasteiger partial charge in [-0.05, 0) is 61.2 Å². The molecular formula is C17H20F2N2. The molecule has 0 spiro atoms. The Morgan fingerprint density at radius 3 is 2.62 bits per heavy atom. The fourth-order valence-corrected chi connectivity index (χ4v) is 2.35. The summed E-state index contributed by atoms with van der Waals surface area (Å²) in [7, 11) is 0. The number of aromatic nitrogens is 1. The molecule has 1 atom stereocenters. The van der Waals surface area contributed by atoms with E-state index in [1.807, 2.05) is 6.92 Å². The van der Waals surface area contributed by atoms with Crippen LogP contribution in [-0.4, -0.2) is 11.5 Å². The standard InChI is InChI=1S/C17H20F2N2/c1-3-6-21-17(14-8-16(19)11-20-10-14)9-13-4-5-15(18)7-12(13)2/h4-5,7-8,10-11,17,21H,3,6,9H2,1-2H3. The number of pyridine rings is 1. The van der Waals surface area contributed by atoms with Crippen molar-refractivity contribution in [2.24, 2.45) is 0 Å². The van der Waals surface area contributed by atoms with Gasteiger partial charge in [0.1, 0.15) is 11.6 Å². The fourth-order valence-electron chi connectivity index (χ4n) is 2.35. The van der Waals surface area contributed by atoms with E-state index in [0.717, 1.165) is 29.7 Å². The Morgan fingerprint density at radius 1 is 1.14 bits per heavy atom. The van der Waals surface area contributed by atoms with Gasteiger partial charge < -0.3 is 5.32 Å². The number of halogens is 2. The van der Waals surface area contributed by atoms with Crippen molar-refractivity contribution in [3.8, 4) is 0 Å². The Balaban J connectivity index is 2.23. The molecule has 112 valence electrons. The lowest BCUT2D eigenvalue weighted by atomic mass is 9.96. The molecule has 2 nitrogen and oxygen atoms in total. The minimum Gasteiger partial charge on any atom is -0.310 e. The third-order valence-electron chi connectivity index (χ3n) is 3.50. The molecule has 0 saturated carbocycles. The van der Waals surface area contributed by atoms with Crippen LogP contribution in [0.1, 0.15) is 36.1 Å². The zero-order valence-electron chi connectivity index (χ0n) is 12.4. The monoisotopic (exact) mass is 290 g/mol. The van der Waals surface area contributed by atoms with Crippen LogP contribution >= 0.6 is 0 Å². The van der Waals surface area contributed by atoms with Crippen LogP contribution in [-0.2, 0) is 6.42 Å².